The van der Waals surface area contributed by atoms with Crippen LogP contribution in [-0.4, -0.2) is 14.8 Å². The molecule has 170 valence electrons. The van der Waals surface area contributed by atoms with E-state index < -0.39 is 0 Å². The van der Waals surface area contributed by atoms with Crippen molar-refractivity contribution in [1.82, 2.24) is 4.57 Å². The molecule has 1 amide bonds. The Kier molecular flexibility index (Phi) is 6.30. The summed E-state index contributed by atoms with van der Waals surface area (Å²) in [5.41, 5.74) is 6.05. The quantitative estimate of drug-likeness (QED) is 0.200. The van der Waals surface area contributed by atoms with Crippen LogP contribution in [0.1, 0.15) is 22.4 Å². The fourth-order valence-corrected chi connectivity index (χ4v) is 5.90. The molecule has 0 aliphatic carbocycles. The van der Waals surface area contributed by atoms with Crippen LogP contribution in [0.5, 0.6) is 0 Å². The Labute approximate surface area is 218 Å². The third kappa shape index (κ3) is 4.18. The number of hydrogen-bond donors (Lipinski definition) is 0. The number of anilines is 1. The van der Waals surface area contributed by atoms with Crippen molar-refractivity contribution in [2.24, 2.45) is 0 Å². The third-order valence-electron chi connectivity index (χ3n) is 5.95. The van der Waals surface area contributed by atoms with Crippen LogP contribution in [0.3, 0.4) is 0 Å². The zero-order chi connectivity index (χ0) is 24.0. The second-order valence-corrected chi connectivity index (χ2v) is 10.7. The van der Waals surface area contributed by atoms with Gasteiger partial charge in [0, 0.05) is 38.8 Å². The number of carbonyl (C=O) groups is 1. The summed E-state index contributed by atoms with van der Waals surface area (Å²) in [5.74, 6) is -0.142. The van der Waals surface area contributed by atoms with Crippen LogP contribution in [0, 0.1) is 13.8 Å². The molecule has 1 aromatic heterocycles. The van der Waals surface area contributed by atoms with Crippen molar-refractivity contribution < 1.29 is 4.79 Å². The van der Waals surface area contributed by atoms with Gasteiger partial charge in [-0.1, -0.05) is 83.1 Å². The number of hydrogen-bond acceptors (Lipinski definition) is 3. The second kappa shape index (κ2) is 9.23. The monoisotopic (exact) mass is 522 g/mol. The summed E-state index contributed by atoms with van der Waals surface area (Å²) < 4.78 is 2.74. The number of benzene rings is 3. The summed E-state index contributed by atoms with van der Waals surface area (Å²) in [6, 6.07) is 21.4. The second-order valence-electron chi connectivity index (χ2n) is 8.19. The molecule has 1 saturated heterocycles. The van der Waals surface area contributed by atoms with E-state index in [1.165, 1.54) is 11.8 Å². The average Bonchev–Trinajstić information content (AvgIpc) is 3.22. The Hall–Kier alpha value is -2.57. The van der Waals surface area contributed by atoms with Crippen molar-refractivity contribution in [3.8, 4) is 0 Å². The molecule has 3 nitrogen and oxygen atoms in total. The Balaban J connectivity index is 1.61. The van der Waals surface area contributed by atoms with E-state index in [9.17, 15) is 4.79 Å². The van der Waals surface area contributed by atoms with Crippen LogP contribution < -0.4 is 4.90 Å². The molecule has 1 fully saturated rings. The van der Waals surface area contributed by atoms with Crippen LogP contribution in [-0.2, 0) is 11.3 Å². The molecular formula is C27H20Cl2N2OS2. The van der Waals surface area contributed by atoms with E-state index in [0.717, 1.165) is 38.3 Å². The highest BCUT2D eigenvalue weighted by Crippen LogP contribution is 2.39. The fourth-order valence-electron chi connectivity index (χ4n) is 4.24. The van der Waals surface area contributed by atoms with Crippen molar-refractivity contribution in [3.63, 3.8) is 0 Å². The van der Waals surface area contributed by atoms with E-state index in [1.807, 2.05) is 42.5 Å². The number of aryl methyl sites for hydroxylation is 1. The maximum Gasteiger partial charge on any atom is 0.270 e. The molecule has 0 unspecified atom stereocenters. The first-order chi connectivity index (χ1) is 16.3. The summed E-state index contributed by atoms with van der Waals surface area (Å²) in [5, 5.41) is 2.39. The van der Waals surface area contributed by atoms with Crippen molar-refractivity contribution in [3.05, 3.63) is 104 Å². The maximum absolute atomic E-state index is 13.4. The molecule has 0 spiro atoms. The molecule has 0 radical (unpaired) electrons. The molecule has 0 saturated carbocycles. The van der Waals surface area contributed by atoms with Gasteiger partial charge in [0.15, 0.2) is 4.32 Å². The van der Waals surface area contributed by atoms with Gasteiger partial charge in [0.25, 0.3) is 5.91 Å². The molecule has 34 heavy (non-hydrogen) atoms. The van der Waals surface area contributed by atoms with Crippen molar-refractivity contribution in [2.45, 2.75) is 20.4 Å². The van der Waals surface area contributed by atoms with Crippen molar-refractivity contribution >= 4 is 80.1 Å². The Morgan fingerprint density at radius 1 is 1.00 bits per heavy atom. The van der Waals surface area contributed by atoms with Gasteiger partial charge in [0.1, 0.15) is 0 Å². The summed E-state index contributed by atoms with van der Waals surface area (Å²) in [6.45, 7) is 4.79. The van der Waals surface area contributed by atoms with Gasteiger partial charge in [-0.3, -0.25) is 9.69 Å². The Morgan fingerprint density at radius 2 is 1.79 bits per heavy atom. The minimum Gasteiger partial charge on any atom is -0.340 e. The number of amides is 1. The standard InChI is InChI=1S/C27H20Cl2N2OS2/c1-16-10-11-24-22(12-16)21(17(2)30(24)15-18-6-3-4-9-23(18)29)14-25-26(32)31(27(33)34-25)20-8-5-7-19(28)13-20/h3-14H,15H2,1-2H3/b25-14-. The summed E-state index contributed by atoms with van der Waals surface area (Å²) in [7, 11) is 0. The van der Waals surface area contributed by atoms with Crippen LogP contribution in [0.2, 0.25) is 10.0 Å². The molecule has 0 N–H and O–H groups in total. The summed E-state index contributed by atoms with van der Waals surface area (Å²) in [4.78, 5) is 15.5. The molecule has 4 aromatic rings. The molecule has 5 rings (SSSR count). The van der Waals surface area contributed by atoms with Gasteiger partial charge in [-0.05, 0) is 61.9 Å². The molecular weight excluding hydrogens is 503 g/mol. The van der Waals surface area contributed by atoms with E-state index in [1.54, 1.807) is 17.0 Å². The highest BCUT2D eigenvalue weighted by atomic mass is 35.5. The smallest absolute Gasteiger partial charge is 0.270 e. The minimum absolute atomic E-state index is 0.142. The highest BCUT2D eigenvalue weighted by Gasteiger charge is 2.34. The van der Waals surface area contributed by atoms with E-state index in [-0.39, 0.29) is 5.91 Å². The number of thioether (sulfide) groups is 1. The first-order valence-electron chi connectivity index (χ1n) is 10.7. The van der Waals surface area contributed by atoms with Gasteiger partial charge in [0.2, 0.25) is 0 Å². The van der Waals surface area contributed by atoms with Crippen LogP contribution >= 0.6 is 47.2 Å². The van der Waals surface area contributed by atoms with Gasteiger partial charge in [0.05, 0.1) is 10.6 Å². The molecule has 0 bridgehead atoms. The number of thiocarbonyl (C=S) groups is 1. The van der Waals surface area contributed by atoms with Crippen molar-refractivity contribution in [2.75, 3.05) is 4.90 Å². The number of rotatable bonds is 4. The Morgan fingerprint density at radius 3 is 2.56 bits per heavy atom. The van der Waals surface area contributed by atoms with E-state index >= 15 is 0 Å². The number of nitrogens with zero attached hydrogens (tertiary/aromatic N) is 2. The van der Waals surface area contributed by atoms with E-state index in [4.69, 9.17) is 35.4 Å². The molecule has 3 aromatic carbocycles. The number of carbonyl (C=O) groups excluding carboxylic acids is 1. The lowest BCUT2D eigenvalue weighted by molar-refractivity contribution is -0.113. The van der Waals surface area contributed by atoms with Gasteiger partial charge in [-0.25, -0.2) is 0 Å². The zero-order valence-corrected chi connectivity index (χ0v) is 21.7. The molecule has 0 atom stereocenters. The zero-order valence-electron chi connectivity index (χ0n) is 18.5. The van der Waals surface area contributed by atoms with Crippen LogP contribution in [0.25, 0.3) is 17.0 Å². The molecule has 7 heteroatoms. The van der Waals surface area contributed by atoms with Crippen LogP contribution in [0.4, 0.5) is 5.69 Å². The fraction of sp³-hybridized carbons (Fsp3) is 0.111. The largest absolute Gasteiger partial charge is 0.340 e. The molecule has 2 heterocycles. The first kappa shape index (κ1) is 23.2. The SMILES string of the molecule is Cc1ccc2c(c1)c(/C=C1\SC(=S)N(c3cccc(Cl)c3)C1=O)c(C)n2Cc1ccccc1Cl. The lowest BCUT2D eigenvalue weighted by Crippen LogP contribution is -2.27. The topological polar surface area (TPSA) is 25.2 Å². The van der Waals surface area contributed by atoms with E-state index in [2.05, 4.69) is 36.6 Å². The van der Waals surface area contributed by atoms with Gasteiger partial charge in [-0.15, -0.1) is 0 Å². The first-order valence-corrected chi connectivity index (χ1v) is 12.7. The third-order valence-corrected chi connectivity index (χ3v) is 7.86. The number of halogens is 2. The van der Waals surface area contributed by atoms with Gasteiger partial charge >= 0.3 is 0 Å². The molecule has 1 aliphatic rings. The number of fused-ring (bicyclic) bond motifs is 1. The van der Waals surface area contributed by atoms with Gasteiger partial charge < -0.3 is 4.57 Å². The minimum atomic E-state index is -0.142. The predicted octanol–water partition coefficient (Wildman–Crippen LogP) is 8.02. The number of aromatic nitrogens is 1. The molecule has 1 aliphatic heterocycles. The predicted molar refractivity (Wildman–Crippen MR) is 149 cm³/mol. The van der Waals surface area contributed by atoms with E-state index in [0.29, 0.717) is 26.5 Å². The van der Waals surface area contributed by atoms with Gasteiger partial charge in [-0.2, -0.15) is 0 Å². The lowest BCUT2D eigenvalue weighted by atomic mass is 10.1. The lowest BCUT2D eigenvalue weighted by Gasteiger charge is -2.14. The summed E-state index contributed by atoms with van der Waals surface area (Å²) >= 11 is 19.5. The normalized spacial score (nSPS) is 15.2. The Bertz CT molecular complexity index is 1510. The van der Waals surface area contributed by atoms with Crippen molar-refractivity contribution in [1.29, 1.82) is 0 Å². The summed E-state index contributed by atoms with van der Waals surface area (Å²) in [6.07, 6.45) is 1.96. The average molecular weight is 524 g/mol. The maximum atomic E-state index is 13.4. The highest BCUT2D eigenvalue weighted by molar-refractivity contribution is 8.27. The van der Waals surface area contributed by atoms with Crippen LogP contribution in [0.15, 0.2) is 71.6 Å².